The molecule has 1 aromatic carbocycles. The fourth-order valence-corrected chi connectivity index (χ4v) is 1.59. The van der Waals surface area contributed by atoms with Crippen molar-refractivity contribution in [2.45, 2.75) is 38.7 Å². The van der Waals surface area contributed by atoms with Gasteiger partial charge in [0.1, 0.15) is 0 Å². The van der Waals surface area contributed by atoms with E-state index >= 15 is 0 Å². The molecule has 0 spiro atoms. The van der Waals surface area contributed by atoms with E-state index in [4.69, 9.17) is 10.6 Å². The minimum Gasteiger partial charge on any atom is -0.370 e. The lowest BCUT2D eigenvalue weighted by Gasteiger charge is -2.05. The number of nitrogens with one attached hydrogen (secondary N) is 1. The Labute approximate surface area is 113 Å². The first kappa shape index (κ1) is 15.2. The summed E-state index contributed by atoms with van der Waals surface area (Å²) in [6.45, 7) is 0.355. The molecule has 0 saturated carbocycles. The maximum atomic E-state index is 11.4. The van der Waals surface area contributed by atoms with Gasteiger partial charge in [0.2, 0.25) is 11.8 Å². The van der Waals surface area contributed by atoms with Crippen LogP contribution >= 0.6 is 0 Å². The second-order valence-electron chi connectivity index (χ2n) is 4.33. The quantitative estimate of drug-likeness (QED) is 0.526. The highest BCUT2D eigenvalue weighted by Gasteiger charge is 2.02. The largest absolute Gasteiger partial charge is 0.370 e. The fourth-order valence-electron chi connectivity index (χ4n) is 1.59. The molecular formula is C14H20N2O3. The lowest BCUT2D eigenvalue weighted by Crippen LogP contribution is -2.23. The minimum atomic E-state index is -0.296. The van der Waals surface area contributed by atoms with Gasteiger partial charge in [-0.2, -0.15) is 0 Å². The minimum absolute atomic E-state index is 0.144. The zero-order valence-corrected chi connectivity index (χ0v) is 10.9. The predicted octanol–water partition coefficient (Wildman–Crippen LogP) is 1.67. The molecule has 1 aromatic rings. The molecule has 2 amide bonds. The number of unbranched alkanes of at least 4 members (excludes halogenated alkanes) is 2. The third-order valence-corrected chi connectivity index (χ3v) is 2.59. The van der Waals surface area contributed by atoms with Crippen LogP contribution in [0.25, 0.3) is 0 Å². The highest BCUT2D eigenvalue weighted by Crippen LogP contribution is 2.03. The lowest BCUT2D eigenvalue weighted by molar-refractivity contribution is -0.134. The van der Waals surface area contributed by atoms with Gasteiger partial charge in [0.25, 0.3) is 0 Å². The van der Waals surface area contributed by atoms with Crippen molar-refractivity contribution in [3.63, 3.8) is 0 Å². The predicted molar refractivity (Wildman–Crippen MR) is 71.7 cm³/mol. The summed E-state index contributed by atoms with van der Waals surface area (Å²) in [7, 11) is 0. The molecule has 0 aromatic heterocycles. The summed E-state index contributed by atoms with van der Waals surface area (Å²) in [5, 5.41) is 0. The van der Waals surface area contributed by atoms with Gasteiger partial charge in [0.15, 0.2) is 0 Å². The van der Waals surface area contributed by atoms with E-state index in [9.17, 15) is 9.59 Å². The second-order valence-corrected chi connectivity index (χ2v) is 4.33. The Morgan fingerprint density at radius 1 is 1.05 bits per heavy atom. The van der Waals surface area contributed by atoms with Gasteiger partial charge in [-0.15, -0.1) is 0 Å². The van der Waals surface area contributed by atoms with Crippen molar-refractivity contribution in [3.8, 4) is 0 Å². The Kier molecular flexibility index (Phi) is 7.27. The van der Waals surface area contributed by atoms with Crippen LogP contribution in [0.5, 0.6) is 0 Å². The molecule has 3 N–H and O–H groups in total. The number of amides is 2. The van der Waals surface area contributed by atoms with Crippen LogP contribution in [0, 0.1) is 0 Å². The van der Waals surface area contributed by atoms with Crippen molar-refractivity contribution in [1.82, 2.24) is 5.48 Å². The van der Waals surface area contributed by atoms with Crippen LogP contribution in [0.15, 0.2) is 30.3 Å². The van der Waals surface area contributed by atoms with Gasteiger partial charge in [-0.1, -0.05) is 36.8 Å². The topological polar surface area (TPSA) is 81.4 Å². The van der Waals surface area contributed by atoms with Gasteiger partial charge < -0.3 is 5.73 Å². The number of hydrogen-bond donors (Lipinski definition) is 2. The first-order chi connectivity index (χ1) is 9.18. The normalized spacial score (nSPS) is 10.1. The van der Waals surface area contributed by atoms with Gasteiger partial charge in [-0.05, 0) is 18.4 Å². The van der Waals surface area contributed by atoms with Crippen molar-refractivity contribution in [2.75, 3.05) is 0 Å². The molecule has 0 saturated heterocycles. The Bertz CT molecular complexity index is 393. The number of carbonyl (C=O) groups is 2. The molecule has 0 aliphatic carbocycles. The van der Waals surface area contributed by atoms with E-state index in [2.05, 4.69) is 5.48 Å². The summed E-state index contributed by atoms with van der Waals surface area (Å²) in [6.07, 6.45) is 3.05. The molecule has 0 radical (unpaired) electrons. The van der Waals surface area contributed by atoms with Gasteiger partial charge in [-0.3, -0.25) is 14.4 Å². The molecule has 0 atom stereocenters. The molecular weight excluding hydrogens is 244 g/mol. The zero-order chi connectivity index (χ0) is 13.9. The van der Waals surface area contributed by atoms with Crippen LogP contribution in [-0.4, -0.2) is 11.8 Å². The van der Waals surface area contributed by atoms with E-state index in [1.54, 1.807) is 0 Å². The SMILES string of the molecule is NC(=O)CCCCCC(=O)NOCc1ccccc1. The average molecular weight is 264 g/mol. The molecule has 0 aliphatic heterocycles. The molecule has 0 heterocycles. The highest BCUT2D eigenvalue weighted by molar-refractivity contribution is 5.74. The van der Waals surface area contributed by atoms with Crippen LogP contribution in [0.1, 0.15) is 37.7 Å². The summed E-state index contributed by atoms with van der Waals surface area (Å²) in [5.74, 6) is -0.439. The number of hydroxylamine groups is 1. The van der Waals surface area contributed by atoms with Crippen LogP contribution in [0.2, 0.25) is 0 Å². The third kappa shape index (κ3) is 7.94. The molecule has 0 fully saturated rings. The number of carbonyl (C=O) groups excluding carboxylic acids is 2. The zero-order valence-electron chi connectivity index (χ0n) is 10.9. The third-order valence-electron chi connectivity index (χ3n) is 2.59. The molecule has 0 unspecified atom stereocenters. The first-order valence-electron chi connectivity index (χ1n) is 6.41. The van der Waals surface area contributed by atoms with Crippen molar-refractivity contribution in [1.29, 1.82) is 0 Å². The van der Waals surface area contributed by atoms with E-state index in [-0.39, 0.29) is 11.8 Å². The Morgan fingerprint density at radius 3 is 2.42 bits per heavy atom. The van der Waals surface area contributed by atoms with E-state index in [0.717, 1.165) is 24.8 Å². The second kappa shape index (κ2) is 9.10. The van der Waals surface area contributed by atoms with E-state index in [1.807, 2.05) is 30.3 Å². The average Bonchev–Trinajstić information content (AvgIpc) is 2.39. The molecule has 0 aliphatic rings. The Balaban J connectivity index is 2.01. The van der Waals surface area contributed by atoms with Crippen LogP contribution in [0.3, 0.4) is 0 Å². The molecule has 1 rings (SSSR count). The van der Waals surface area contributed by atoms with Gasteiger partial charge in [-0.25, -0.2) is 5.48 Å². The number of benzene rings is 1. The lowest BCUT2D eigenvalue weighted by atomic mass is 10.1. The van der Waals surface area contributed by atoms with Crippen LogP contribution in [0.4, 0.5) is 0 Å². The summed E-state index contributed by atoms with van der Waals surface area (Å²) in [5.41, 5.74) is 8.42. The first-order valence-corrected chi connectivity index (χ1v) is 6.41. The maximum Gasteiger partial charge on any atom is 0.243 e. The number of hydrogen-bond acceptors (Lipinski definition) is 3. The maximum absolute atomic E-state index is 11.4. The Hall–Kier alpha value is -1.88. The summed E-state index contributed by atoms with van der Waals surface area (Å²) < 4.78 is 0. The molecule has 5 nitrogen and oxygen atoms in total. The van der Waals surface area contributed by atoms with Crippen molar-refractivity contribution < 1.29 is 14.4 Å². The molecule has 19 heavy (non-hydrogen) atoms. The summed E-state index contributed by atoms with van der Waals surface area (Å²) >= 11 is 0. The molecule has 0 bridgehead atoms. The van der Waals surface area contributed by atoms with Gasteiger partial charge in [0.05, 0.1) is 6.61 Å². The Morgan fingerprint density at radius 2 is 1.74 bits per heavy atom. The van der Waals surface area contributed by atoms with E-state index < -0.39 is 0 Å². The van der Waals surface area contributed by atoms with Crippen LogP contribution < -0.4 is 11.2 Å². The van der Waals surface area contributed by atoms with Crippen LogP contribution in [-0.2, 0) is 21.0 Å². The number of nitrogens with two attached hydrogens (primary N) is 1. The standard InChI is InChI=1S/C14H20N2O3/c15-13(17)9-5-2-6-10-14(18)16-19-11-12-7-3-1-4-8-12/h1,3-4,7-8H,2,5-6,9-11H2,(H2,15,17)(H,16,18). The van der Waals surface area contributed by atoms with Gasteiger partial charge >= 0.3 is 0 Å². The fraction of sp³-hybridized carbons (Fsp3) is 0.429. The van der Waals surface area contributed by atoms with Crippen molar-refractivity contribution in [3.05, 3.63) is 35.9 Å². The van der Waals surface area contributed by atoms with Crippen molar-refractivity contribution in [2.24, 2.45) is 5.73 Å². The van der Waals surface area contributed by atoms with E-state index in [1.165, 1.54) is 0 Å². The summed E-state index contributed by atoms with van der Waals surface area (Å²) in [4.78, 5) is 27.0. The monoisotopic (exact) mass is 264 g/mol. The smallest absolute Gasteiger partial charge is 0.243 e. The molecule has 5 heteroatoms. The molecule has 104 valence electrons. The van der Waals surface area contributed by atoms with Crippen molar-refractivity contribution >= 4 is 11.8 Å². The van der Waals surface area contributed by atoms with E-state index in [0.29, 0.717) is 19.4 Å². The highest BCUT2D eigenvalue weighted by atomic mass is 16.6. The number of rotatable bonds is 9. The summed E-state index contributed by atoms with van der Waals surface area (Å²) in [6, 6.07) is 9.61. The number of primary amides is 1. The van der Waals surface area contributed by atoms with Gasteiger partial charge in [0, 0.05) is 12.8 Å².